The molecule has 84 valence electrons. The number of nitrogens with one attached hydrogen (secondary N) is 1. The number of aromatic amines is 1. The minimum atomic E-state index is -0.415. The van der Waals surface area contributed by atoms with Crippen LogP contribution in [-0.2, 0) is 0 Å². The summed E-state index contributed by atoms with van der Waals surface area (Å²) < 4.78 is 0. The third-order valence-electron chi connectivity index (χ3n) is 2.27. The first-order chi connectivity index (χ1) is 8.11. The molecule has 0 saturated heterocycles. The molecule has 0 fully saturated rings. The number of hydrogen-bond acceptors (Lipinski definition) is 2. The van der Waals surface area contributed by atoms with Crippen LogP contribution < -0.4 is 5.56 Å². The van der Waals surface area contributed by atoms with Crippen molar-refractivity contribution in [2.75, 3.05) is 0 Å². The van der Waals surface area contributed by atoms with E-state index in [4.69, 9.17) is 28.5 Å². The van der Waals surface area contributed by atoms with E-state index in [1.165, 1.54) is 12.3 Å². The van der Waals surface area contributed by atoms with E-state index in [2.05, 4.69) is 4.98 Å². The lowest BCUT2D eigenvalue weighted by atomic mass is 10.1. The monoisotopic (exact) mass is 264 g/mol. The second kappa shape index (κ2) is 4.62. The van der Waals surface area contributed by atoms with E-state index in [1.54, 1.807) is 18.2 Å². The molecule has 0 radical (unpaired) electrons. The second-order valence-electron chi connectivity index (χ2n) is 3.37. The summed E-state index contributed by atoms with van der Waals surface area (Å²) in [6.07, 6.45) is 1.51. The Morgan fingerprint density at radius 1 is 1.24 bits per heavy atom. The van der Waals surface area contributed by atoms with Gasteiger partial charge in [-0.25, -0.2) is 0 Å². The van der Waals surface area contributed by atoms with Crippen molar-refractivity contribution in [3.05, 3.63) is 56.4 Å². The summed E-state index contributed by atoms with van der Waals surface area (Å²) in [7, 11) is 0. The predicted octanol–water partition coefficient (Wildman–Crippen LogP) is 3.22. The van der Waals surface area contributed by atoms with Gasteiger partial charge >= 0.3 is 0 Å². The molecule has 0 aliphatic rings. The van der Waals surface area contributed by atoms with Crippen LogP contribution >= 0.6 is 23.2 Å². The molecule has 0 spiro atoms. The van der Waals surface area contributed by atoms with Gasteiger partial charge < -0.3 is 4.98 Å². The minimum Gasteiger partial charge on any atom is -0.327 e. The zero-order valence-electron chi connectivity index (χ0n) is 8.50. The molecule has 0 saturated carbocycles. The second-order valence-corrected chi connectivity index (χ2v) is 4.21. The number of nitrogens with zero attached hydrogens (tertiary/aromatic N) is 1. The van der Waals surface area contributed by atoms with E-state index in [0.717, 1.165) is 0 Å². The molecule has 1 heterocycles. The van der Waals surface area contributed by atoms with Gasteiger partial charge in [-0.3, -0.25) is 4.79 Å². The summed E-state index contributed by atoms with van der Waals surface area (Å²) in [6.45, 7) is 0. The Morgan fingerprint density at radius 3 is 2.65 bits per heavy atom. The van der Waals surface area contributed by atoms with Crippen LogP contribution in [-0.4, -0.2) is 4.98 Å². The lowest BCUT2D eigenvalue weighted by Gasteiger charge is -2.04. The van der Waals surface area contributed by atoms with Gasteiger partial charge in [0.1, 0.15) is 11.6 Å². The van der Waals surface area contributed by atoms with Crippen LogP contribution in [0.4, 0.5) is 0 Å². The van der Waals surface area contributed by atoms with Gasteiger partial charge in [0.25, 0.3) is 5.56 Å². The van der Waals surface area contributed by atoms with Gasteiger partial charge in [-0.2, -0.15) is 5.26 Å². The standard InChI is InChI=1S/C12H6Cl2N2O/c13-9-1-2-10(11(14)4-9)8-3-7(5-15)12(17)16-6-8/h1-4,6H,(H,16,17). The molecule has 0 aliphatic heterocycles. The highest BCUT2D eigenvalue weighted by Gasteiger charge is 2.07. The lowest BCUT2D eigenvalue weighted by Crippen LogP contribution is -2.08. The summed E-state index contributed by atoms with van der Waals surface area (Å²) in [5.41, 5.74) is 1.02. The Balaban J connectivity index is 2.62. The Labute approximate surface area is 107 Å². The van der Waals surface area contributed by atoms with Crippen molar-refractivity contribution in [3.8, 4) is 17.2 Å². The van der Waals surface area contributed by atoms with E-state index >= 15 is 0 Å². The summed E-state index contributed by atoms with van der Waals surface area (Å²) in [4.78, 5) is 13.7. The fourth-order valence-electron chi connectivity index (χ4n) is 1.45. The van der Waals surface area contributed by atoms with E-state index in [-0.39, 0.29) is 5.56 Å². The molecule has 1 aromatic heterocycles. The topological polar surface area (TPSA) is 56.6 Å². The summed E-state index contributed by atoms with van der Waals surface area (Å²) in [5, 5.41) is 9.78. The van der Waals surface area contributed by atoms with Gasteiger partial charge in [0.15, 0.2) is 0 Å². The quantitative estimate of drug-likeness (QED) is 0.860. The number of rotatable bonds is 1. The zero-order valence-corrected chi connectivity index (χ0v) is 10.0. The summed E-state index contributed by atoms with van der Waals surface area (Å²) >= 11 is 11.8. The van der Waals surface area contributed by atoms with Gasteiger partial charge in [0.05, 0.1) is 0 Å². The van der Waals surface area contributed by atoms with Crippen LogP contribution in [0.3, 0.4) is 0 Å². The molecule has 1 aromatic carbocycles. The van der Waals surface area contributed by atoms with Crippen LogP contribution in [0.2, 0.25) is 10.0 Å². The van der Waals surface area contributed by atoms with Crippen molar-refractivity contribution in [1.82, 2.24) is 4.98 Å². The first-order valence-corrected chi connectivity index (χ1v) is 5.45. The molecule has 2 aromatic rings. The number of halogens is 2. The third-order valence-corrected chi connectivity index (χ3v) is 2.81. The van der Waals surface area contributed by atoms with Crippen LogP contribution in [0.5, 0.6) is 0 Å². The summed E-state index contributed by atoms with van der Waals surface area (Å²) in [5.74, 6) is 0. The molecule has 17 heavy (non-hydrogen) atoms. The predicted molar refractivity (Wildman–Crippen MR) is 67.2 cm³/mol. The molecular formula is C12H6Cl2N2O. The molecule has 0 atom stereocenters. The maximum absolute atomic E-state index is 11.2. The SMILES string of the molecule is N#Cc1cc(-c2ccc(Cl)cc2Cl)c[nH]c1=O. The molecular weight excluding hydrogens is 259 g/mol. The Morgan fingerprint density at radius 2 is 2.00 bits per heavy atom. The van der Waals surface area contributed by atoms with Crippen LogP contribution in [0.25, 0.3) is 11.1 Å². The molecule has 3 nitrogen and oxygen atoms in total. The fraction of sp³-hybridized carbons (Fsp3) is 0. The van der Waals surface area contributed by atoms with Crippen LogP contribution in [0, 0.1) is 11.3 Å². The largest absolute Gasteiger partial charge is 0.327 e. The van der Waals surface area contributed by atoms with Crippen molar-refractivity contribution in [2.45, 2.75) is 0 Å². The lowest BCUT2D eigenvalue weighted by molar-refractivity contribution is 1.22. The van der Waals surface area contributed by atoms with E-state index in [9.17, 15) is 4.79 Å². The van der Waals surface area contributed by atoms with Crippen LogP contribution in [0.1, 0.15) is 5.56 Å². The fourth-order valence-corrected chi connectivity index (χ4v) is 1.96. The van der Waals surface area contributed by atoms with E-state index < -0.39 is 5.56 Å². The average Bonchev–Trinajstić information content (AvgIpc) is 2.30. The van der Waals surface area contributed by atoms with Gasteiger partial charge in [-0.1, -0.05) is 29.3 Å². The Kier molecular flexibility index (Phi) is 3.19. The number of nitriles is 1. The Bertz CT molecular complexity index is 671. The summed E-state index contributed by atoms with van der Waals surface area (Å²) in [6, 6.07) is 8.35. The molecule has 0 unspecified atom stereocenters. The maximum atomic E-state index is 11.2. The van der Waals surface area contributed by atoms with Crippen molar-refractivity contribution in [1.29, 1.82) is 5.26 Å². The van der Waals surface area contributed by atoms with Crippen molar-refractivity contribution < 1.29 is 0 Å². The van der Waals surface area contributed by atoms with Gasteiger partial charge in [-0.15, -0.1) is 0 Å². The molecule has 5 heteroatoms. The molecule has 0 aliphatic carbocycles. The van der Waals surface area contributed by atoms with Crippen molar-refractivity contribution in [2.24, 2.45) is 0 Å². The zero-order chi connectivity index (χ0) is 12.4. The number of benzene rings is 1. The smallest absolute Gasteiger partial charge is 0.265 e. The average molecular weight is 265 g/mol. The molecule has 2 rings (SSSR count). The number of aromatic nitrogens is 1. The van der Waals surface area contributed by atoms with Gasteiger partial charge in [0.2, 0.25) is 0 Å². The number of hydrogen-bond donors (Lipinski definition) is 1. The highest BCUT2D eigenvalue weighted by molar-refractivity contribution is 6.36. The molecule has 0 bridgehead atoms. The first-order valence-electron chi connectivity index (χ1n) is 4.70. The van der Waals surface area contributed by atoms with Crippen molar-refractivity contribution in [3.63, 3.8) is 0 Å². The highest BCUT2D eigenvalue weighted by atomic mass is 35.5. The third kappa shape index (κ3) is 2.33. The number of pyridine rings is 1. The van der Waals surface area contributed by atoms with Crippen LogP contribution in [0.15, 0.2) is 35.3 Å². The van der Waals surface area contributed by atoms with E-state index in [1.807, 2.05) is 6.07 Å². The Hall–Kier alpha value is -1.76. The van der Waals surface area contributed by atoms with Crippen molar-refractivity contribution >= 4 is 23.2 Å². The molecule has 1 N–H and O–H groups in total. The highest BCUT2D eigenvalue weighted by Crippen LogP contribution is 2.29. The molecule has 0 amide bonds. The maximum Gasteiger partial charge on any atom is 0.265 e. The normalized spacial score (nSPS) is 9.94. The first kappa shape index (κ1) is 11.7. The van der Waals surface area contributed by atoms with Gasteiger partial charge in [0, 0.05) is 27.4 Å². The number of H-pyrrole nitrogens is 1. The van der Waals surface area contributed by atoms with E-state index in [0.29, 0.717) is 21.2 Å². The van der Waals surface area contributed by atoms with Gasteiger partial charge in [-0.05, 0) is 18.2 Å². The minimum absolute atomic E-state index is 0.0496.